The summed E-state index contributed by atoms with van der Waals surface area (Å²) in [6.07, 6.45) is 1.61. The van der Waals surface area contributed by atoms with Gasteiger partial charge < -0.3 is 19.7 Å². The van der Waals surface area contributed by atoms with Crippen LogP contribution in [0.3, 0.4) is 0 Å². The van der Waals surface area contributed by atoms with E-state index in [1.807, 2.05) is 29.2 Å². The molecule has 0 unspecified atom stereocenters. The third-order valence-electron chi connectivity index (χ3n) is 3.78. The molecule has 3 rings (SSSR count). The lowest BCUT2D eigenvalue weighted by Gasteiger charge is -2.26. The zero-order chi connectivity index (χ0) is 16.8. The van der Waals surface area contributed by atoms with Crippen molar-refractivity contribution >= 4 is 11.9 Å². The Morgan fingerprint density at radius 3 is 2.71 bits per heavy atom. The van der Waals surface area contributed by atoms with Crippen molar-refractivity contribution in [2.75, 3.05) is 38.3 Å². The van der Waals surface area contributed by atoms with E-state index >= 15 is 0 Å². The molecule has 0 bridgehead atoms. The molecule has 1 aliphatic heterocycles. The molecule has 7 nitrogen and oxygen atoms in total. The topological polar surface area (TPSA) is 76.6 Å². The Balaban J connectivity index is 1.61. The average molecular weight is 328 g/mol. The van der Waals surface area contributed by atoms with Crippen LogP contribution in [-0.2, 0) is 11.3 Å². The van der Waals surface area contributed by atoms with Crippen LogP contribution in [0, 0.1) is 0 Å². The number of ether oxygens (including phenoxy) is 2. The van der Waals surface area contributed by atoms with Crippen LogP contribution in [0.2, 0.25) is 0 Å². The lowest BCUT2D eigenvalue weighted by molar-refractivity contribution is 0.0945. The molecule has 1 aromatic heterocycles. The van der Waals surface area contributed by atoms with Crippen molar-refractivity contribution in [3.8, 4) is 5.75 Å². The van der Waals surface area contributed by atoms with E-state index in [9.17, 15) is 4.79 Å². The van der Waals surface area contributed by atoms with Crippen LogP contribution in [0.5, 0.6) is 5.75 Å². The van der Waals surface area contributed by atoms with E-state index in [4.69, 9.17) is 9.47 Å². The van der Waals surface area contributed by atoms with Gasteiger partial charge in [0, 0.05) is 25.8 Å². The predicted octanol–water partition coefficient (Wildman–Crippen LogP) is 1.25. The Morgan fingerprint density at radius 2 is 2.00 bits per heavy atom. The molecule has 0 spiro atoms. The van der Waals surface area contributed by atoms with Crippen molar-refractivity contribution < 1.29 is 14.3 Å². The van der Waals surface area contributed by atoms with Gasteiger partial charge in [-0.2, -0.15) is 0 Å². The summed E-state index contributed by atoms with van der Waals surface area (Å²) in [6.45, 7) is 3.20. The molecule has 1 N–H and O–H groups in total. The molecule has 1 aromatic carbocycles. The van der Waals surface area contributed by atoms with Gasteiger partial charge >= 0.3 is 0 Å². The smallest absolute Gasteiger partial charge is 0.270 e. The summed E-state index contributed by atoms with van der Waals surface area (Å²) in [7, 11) is 1.62. The zero-order valence-corrected chi connectivity index (χ0v) is 13.6. The number of carbonyl (C=O) groups is 1. The summed E-state index contributed by atoms with van der Waals surface area (Å²) in [5.41, 5.74) is 1.35. The minimum atomic E-state index is -0.220. The third-order valence-corrected chi connectivity index (χ3v) is 3.78. The number of carbonyl (C=O) groups excluding carboxylic acids is 1. The van der Waals surface area contributed by atoms with Crippen LogP contribution >= 0.6 is 0 Å². The summed E-state index contributed by atoms with van der Waals surface area (Å²) in [6, 6.07) is 9.18. The monoisotopic (exact) mass is 328 g/mol. The maximum Gasteiger partial charge on any atom is 0.270 e. The van der Waals surface area contributed by atoms with E-state index in [-0.39, 0.29) is 5.91 Å². The van der Waals surface area contributed by atoms with E-state index < -0.39 is 0 Å². The number of amides is 1. The number of nitrogens with zero attached hydrogens (tertiary/aromatic N) is 3. The molecule has 1 saturated heterocycles. The maximum atomic E-state index is 12.3. The molecule has 1 aliphatic rings. The number of methoxy groups -OCH3 is 1. The SMILES string of the molecule is COc1ccc(CNC(=O)c2ccnc(N3CCOCC3)n2)cc1. The average Bonchev–Trinajstić information content (AvgIpc) is 2.67. The number of anilines is 1. The van der Waals surface area contributed by atoms with Gasteiger partial charge in [0.25, 0.3) is 5.91 Å². The fourth-order valence-corrected chi connectivity index (χ4v) is 2.41. The second-order valence-electron chi connectivity index (χ2n) is 5.37. The van der Waals surface area contributed by atoms with E-state index in [0.29, 0.717) is 31.4 Å². The number of nitrogens with one attached hydrogen (secondary N) is 1. The largest absolute Gasteiger partial charge is 0.497 e. The Morgan fingerprint density at radius 1 is 1.25 bits per heavy atom. The molecule has 1 fully saturated rings. The molecule has 1 amide bonds. The zero-order valence-electron chi connectivity index (χ0n) is 13.6. The van der Waals surface area contributed by atoms with E-state index in [1.54, 1.807) is 19.4 Å². The minimum absolute atomic E-state index is 0.220. The van der Waals surface area contributed by atoms with Gasteiger partial charge in [-0.3, -0.25) is 4.79 Å². The molecule has 0 radical (unpaired) electrons. The normalized spacial score (nSPS) is 14.3. The summed E-state index contributed by atoms with van der Waals surface area (Å²) in [5.74, 6) is 1.13. The van der Waals surface area contributed by atoms with Crippen molar-refractivity contribution in [3.63, 3.8) is 0 Å². The molecule has 7 heteroatoms. The van der Waals surface area contributed by atoms with Gasteiger partial charge in [0.2, 0.25) is 5.95 Å². The van der Waals surface area contributed by atoms with Crippen LogP contribution in [0.1, 0.15) is 16.1 Å². The summed E-state index contributed by atoms with van der Waals surface area (Å²) < 4.78 is 10.4. The number of morpholine rings is 1. The first kappa shape index (κ1) is 16.2. The summed E-state index contributed by atoms with van der Waals surface area (Å²) in [4.78, 5) is 22.9. The lowest BCUT2D eigenvalue weighted by Crippen LogP contribution is -2.37. The highest BCUT2D eigenvalue weighted by molar-refractivity contribution is 5.92. The van der Waals surface area contributed by atoms with Gasteiger partial charge in [-0.1, -0.05) is 12.1 Å². The van der Waals surface area contributed by atoms with E-state index in [1.165, 1.54) is 0 Å². The first-order chi connectivity index (χ1) is 11.8. The van der Waals surface area contributed by atoms with Crippen molar-refractivity contribution in [1.29, 1.82) is 0 Å². The van der Waals surface area contributed by atoms with Gasteiger partial charge in [0.15, 0.2) is 0 Å². The Bertz CT molecular complexity index is 684. The number of benzene rings is 1. The standard InChI is InChI=1S/C17H20N4O3/c1-23-14-4-2-13(3-5-14)12-19-16(22)15-6-7-18-17(20-15)21-8-10-24-11-9-21/h2-7H,8-12H2,1H3,(H,19,22). The van der Waals surface area contributed by atoms with Gasteiger partial charge in [0.1, 0.15) is 11.4 Å². The highest BCUT2D eigenvalue weighted by Gasteiger charge is 2.16. The molecular weight excluding hydrogens is 308 g/mol. The summed E-state index contributed by atoms with van der Waals surface area (Å²) in [5, 5.41) is 2.87. The minimum Gasteiger partial charge on any atom is -0.497 e. The fourth-order valence-electron chi connectivity index (χ4n) is 2.41. The second-order valence-corrected chi connectivity index (χ2v) is 5.37. The molecule has 0 atom stereocenters. The van der Waals surface area contributed by atoms with Crippen LogP contribution in [0.25, 0.3) is 0 Å². The van der Waals surface area contributed by atoms with Gasteiger partial charge in [-0.15, -0.1) is 0 Å². The molecule has 0 aliphatic carbocycles. The quantitative estimate of drug-likeness (QED) is 0.890. The Hall–Kier alpha value is -2.67. The first-order valence-corrected chi connectivity index (χ1v) is 7.83. The van der Waals surface area contributed by atoms with Crippen LogP contribution < -0.4 is 15.0 Å². The highest BCUT2D eigenvalue weighted by Crippen LogP contribution is 2.12. The number of hydrogen-bond acceptors (Lipinski definition) is 6. The highest BCUT2D eigenvalue weighted by atomic mass is 16.5. The van der Waals surface area contributed by atoms with Crippen molar-refractivity contribution in [3.05, 3.63) is 47.8 Å². The van der Waals surface area contributed by atoms with Crippen LogP contribution in [-0.4, -0.2) is 49.3 Å². The maximum absolute atomic E-state index is 12.3. The van der Waals surface area contributed by atoms with Gasteiger partial charge in [-0.25, -0.2) is 9.97 Å². The summed E-state index contributed by atoms with van der Waals surface area (Å²) >= 11 is 0. The van der Waals surface area contributed by atoms with E-state index in [0.717, 1.165) is 24.4 Å². The molecule has 2 aromatic rings. The fraction of sp³-hybridized carbons (Fsp3) is 0.353. The van der Waals surface area contributed by atoms with Crippen LogP contribution in [0.4, 0.5) is 5.95 Å². The van der Waals surface area contributed by atoms with Crippen molar-refractivity contribution in [1.82, 2.24) is 15.3 Å². The molecular formula is C17H20N4O3. The predicted molar refractivity (Wildman–Crippen MR) is 89.2 cm³/mol. The van der Waals surface area contributed by atoms with Gasteiger partial charge in [-0.05, 0) is 23.8 Å². The molecule has 2 heterocycles. The number of aromatic nitrogens is 2. The third kappa shape index (κ3) is 3.99. The van der Waals surface area contributed by atoms with E-state index in [2.05, 4.69) is 15.3 Å². The molecule has 0 saturated carbocycles. The Kier molecular flexibility index (Phi) is 5.22. The lowest BCUT2D eigenvalue weighted by atomic mass is 10.2. The van der Waals surface area contributed by atoms with Crippen molar-refractivity contribution in [2.45, 2.75) is 6.54 Å². The van der Waals surface area contributed by atoms with Crippen LogP contribution in [0.15, 0.2) is 36.5 Å². The second kappa shape index (κ2) is 7.74. The number of hydrogen-bond donors (Lipinski definition) is 1. The molecule has 24 heavy (non-hydrogen) atoms. The Labute approximate surface area is 140 Å². The molecule has 126 valence electrons. The first-order valence-electron chi connectivity index (χ1n) is 7.83. The number of rotatable bonds is 5. The van der Waals surface area contributed by atoms with Crippen molar-refractivity contribution in [2.24, 2.45) is 0 Å². The van der Waals surface area contributed by atoms with Gasteiger partial charge in [0.05, 0.1) is 20.3 Å².